The molecule has 0 spiro atoms. The van der Waals surface area contributed by atoms with Crippen molar-refractivity contribution in [2.45, 2.75) is 12.5 Å². The van der Waals surface area contributed by atoms with Crippen molar-refractivity contribution in [3.05, 3.63) is 34.4 Å². The van der Waals surface area contributed by atoms with E-state index in [0.717, 1.165) is 19.5 Å². The highest BCUT2D eigenvalue weighted by Crippen LogP contribution is 2.19. The molecule has 0 radical (unpaired) electrons. The maximum Gasteiger partial charge on any atom is 0.269 e. The van der Waals surface area contributed by atoms with Gasteiger partial charge >= 0.3 is 0 Å². The van der Waals surface area contributed by atoms with E-state index in [0.29, 0.717) is 5.75 Å². The summed E-state index contributed by atoms with van der Waals surface area (Å²) < 4.78 is 5.62. The molecule has 16 heavy (non-hydrogen) atoms. The second-order valence-electron chi connectivity index (χ2n) is 3.48. The summed E-state index contributed by atoms with van der Waals surface area (Å²) >= 11 is 0. The molecule has 2 rings (SSSR count). The van der Waals surface area contributed by atoms with Crippen LogP contribution in [0.4, 0.5) is 5.69 Å². The number of rotatable bonds is 3. The van der Waals surface area contributed by atoms with Crippen molar-refractivity contribution in [3.8, 4) is 5.75 Å². The summed E-state index contributed by atoms with van der Waals surface area (Å²) in [5.74, 6) is 0.689. The van der Waals surface area contributed by atoms with Gasteiger partial charge in [-0.25, -0.2) is 0 Å². The molecule has 1 aliphatic heterocycles. The van der Waals surface area contributed by atoms with Gasteiger partial charge in [0.15, 0.2) is 0 Å². The van der Waals surface area contributed by atoms with E-state index in [2.05, 4.69) is 5.32 Å². The predicted octanol–water partition coefficient (Wildman–Crippen LogP) is 1.76. The Hall–Kier alpha value is -1.33. The van der Waals surface area contributed by atoms with E-state index in [1.165, 1.54) is 12.1 Å². The van der Waals surface area contributed by atoms with Crippen molar-refractivity contribution >= 4 is 18.1 Å². The minimum absolute atomic E-state index is 0. The number of nitrogens with one attached hydrogen (secondary N) is 1. The fourth-order valence-corrected chi connectivity index (χ4v) is 1.57. The monoisotopic (exact) mass is 244 g/mol. The molecule has 5 nitrogen and oxygen atoms in total. The fraction of sp³-hybridized carbons (Fsp3) is 0.400. The third-order valence-corrected chi connectivity index (χ3v) is 2.37. The summed E-state index contributed by atoms with van der Waals surface area (Å²) in [4.78, 5) is 10.00. The largest absolute Gasteiger partial charge is 0.489 e. The van der Waals surface area contributed by atoms with Crippen LogP contribution in [0.15, 0.2) is 24.3 Å². The molecular formula is C10H13ClN2O3. The predicted molar refractivity (Wildman–Crippen MR) is 62.2 cm³/mol. The highest BCUT2D eigenvalue weighted by atomic mass is 35.5. The Morgan fingerprint density at radius 2 is 2.06 bits per heavy atom. The highest BCUT2D eigenvalue weighted by Gasteiger charge is 2.16. The van der Waals surface area contributed by atoms with Gasteiger partial charge in [0.2, 0.25) is 0 Å². The first kappa shape index (κ1) is 12.7. The zero-order valence-electron chi connectivity index (χ0n) is 8.59. The SMILES string of the molecule is Cl.O=[N+]([O-])c1ccc(OC2CCNC2)cc1. The lowest BCUT2D eigenvalue weighted by Crippen LogP contribution is -2.19. The first-order valence-electron chi connectivity index (χ1n) is 4.87. The lowest BCUT2D eigenvalue weighted by molar-refractivity contribution is -0.384. The number of ether oxygens (including phenoxy) is 1. The average molecular weight is 245 g/mol. The summed E-state index contributed by atoms with van der Waals surface area (Å²) in [6.45, 7) is 1.81. The van der Waals surface area contributed by atoms with Crippen molar-refractivity contribution < 1.29 is 9.66 Å². The standard InChI is InChI=1S/C10H12N2O3.ClH/c13-12(14)8-1-3-9(4-2-8)15-10-5-6-11-7-10;/h1-4,10-11H,5-7H2;1H. The highest BCUT2D eigenvalue weighted by molar-refractivity contribution is 5.85. The molecule has 1 unspecified atom stereocenters. The minimum Gasteiger partial charge on any atom is -0.489 e. The first-order chi connectivity index (χ1) is 7.25. The molecule has 0 amide bonds. The number of hydrogen-bond acceptors (Lipinski definition) is 4. The topological polar surface area (TPSA) is 64.4 Å². The van der Waals surface area contributed by atoms with E-state index in [-0.39, 0.29) is 24.2 Å². The van der Waals surface area contributed by atoms with Crippen molar-refractivity contribution in [2.75, 3.05) is 13.1 Å². The molecule has 1 aromatic carbocycles. The quantitative estimate of drug-likeness (QED) is 0.650. The molecule has 0 aromatic heterocycles. The summed E-state index contributed by atoms with van der Waals surface area (Å²) in [5.41, 5.74) is 0.0897. The van der Waals surface area contributed by atoms with E-state index in [4.69, 9.17) is 4.74 Å². The Morgan fingerprint density at radius 1 is 1.38 bits per heavy atom. The zero-order valence-corrected chi connectivity index (χ0v) is 9.40. The maximum atomic E-state index is 10.4. The van der Waals surface area contributed by atoms with Crippen LogP contribution in [0.2, 0.25) is 0 Å². The van der Waals surface area contributed by atoms with Crippen LogP contribution in [0, 0.1) is 10.1 Å². The van der Waals surface area contributed by atoms with Crippen molar-refractivity contribution in [3.63, 3.8) is 0 Å². The van der Waals surface area contributed by atoms with Crippen molar-refractivity contribution in [2.24, 2.45) is 0 Å². The van der Waals surface area contributed by atoms with Gasteiger partial charge in [-0.1, -0.05) is 0 Å². The van der Waals surface area contributed by atoms with Crippen LogP contribution in [0.5, 0.6) is 5.75 Å². The number of non-ortho nitro benzene ring substituents is 1. The Kier molecular flexibility index (Phi) is 4.52. The van der Waals surface area contributed by atoms with Gasteiger partial charge in [-0.05, 0) is 25.1 Å². The van der Waals surface area contributed by atoms with Gasteiger partial charge in [-0.3, -0.25) is 10.1 Å². The molecule has 0 bridgehead atoms. The Labute approximate surface area is 99.4 Å². The fourth-order valence-electron chi connectivity index (χ4n) is 1.57. The average Bonchev–Trinajstić information content (AvgIpc) is 2.71. The van der Waals surface area contributed by atoms with Gasteiger partial charge < -0.3 is 10.1 Å². The molecule has 1 fully saturated rings. The number of halogens is 1. The number of benzene rings is 1. The lowest BCUT2D eigenvalue weighted by atomic mass is 10.3. The van der Waals surface area contributed by atoms with Crippen LogP contribution >= 0.6 is 12.4 Å². The van der Waals surface area contributed by atoms with Gasteiger partial charge in [-0.15, -0.1) is 12.4 Å². The van der Waals surface area contributed by atoms with Crippen LogP contribution in [0.1, 0.15) is 6.42 Å². The van der Waals surface area contributed by atoms with E-state index in [1.54, 1.807) is 12.1 Å². The van der Waals surface area contributed by atoms with Crippen molar-refractivity contribution in [1.29, 1.82) is 0 Å². The molecule has 1 atom stereocenters. The summed E-state index contributed by atoms with van der Waals surface area (Å²) in [7, 11) is 0. The lowest BCUT2D eigenvalue weighted by Gasteiger charge is -2.11. The Bertz CT molecular complexity index is 350. The van der Waals surface area contributed by atoms with E-state index in [9.17, 15) is 10.1 Å². The van der Waals surface area contributed by atoms with Gasteiger partial charge in [0.25, 0.3) is 5.69 Å². The van der Waals surface area contributed by atoms with Gasteiger partial charge in [0.05, 0.1) is 4.92 Å². The second kappa shape index (κ2) is 5.67. The third-order valence-electron chi connectivity index (χ3n) is 2.37. The van der Waals surface area contributed by atoms with Gasteiger partial charge in [-0.2, -0.15) is 0 Å². The zero-order chi connectivity index (χ0) is 10.7. The molecule has 1 N–H and O–H groups in total. The normalized spacial score (nSPS) is 18.9. The number of nitro benzene ring substituents is 1. The van der Waals surface area contributed by atoms with Crippen LogP contribution in [0.25, 0.3) is 0 Å². The summed E-state index contributed by atoms with van der Waals surface area (Å²) in [5, 5.41) is 13.6. The van der Waals surface area contributed by atoms with E-state index < -0.39 is 4.92 Å². The van der Waals surface area contributed by atoms with Crippen molar-refractivity contribution in [1.82, 2.24) is 5.32 Å². The molecular weight excluding hydrogens is 232 g/mol. The number of nitro groups is 1. The second-order valence-corrected chi connectivity index (χ2v) is 3.48. The smallest absolute Gasteiger partial charge is 0.269 e. The minimum atomic E-state index is -0.416. The summed E-state index contributed by atoms with van der Waals surface area (Å²) in [6, 6.07) is 6.18. The molecule has 1 aliphatic rings. The first-order valence-corrected chi connectivity index (χ1v) is 4.87. The number of hydrogen-bond donors (Lipinski definition) is 1. The summed E-state index contributed by atoms with van der Waals surface area (Å²) in [6.07, 6.45) is 1.17. The van der Waals surface area contributed by atoms with Gasteiger partial charge in [0.1, 0.15) is 11.9 Å². The Balaban J connectivity index is 0.00000128. The van der Waals surface area contributed by atoms with E-state index in [1.807, 2.05) is 0 Å². The van der Waals surface area contributed by atoms with Crippen LogP contribution in [-0.2, 0) is 0 Å². The van der Waals surface area contributed by atoms with Crippen LogP contribution < -0.4 is 10.1 Å². The maximum absolute atomic E-state index is 10.4. The number of nitrogens with zero attached hydrogens (tertiary/aromatic N) is 1. The molecule has 1 heterocycles. The molecule has 1 aromatic rings. The van der Waals surface area contributed by atoms with E-state index >= 15 is 0 Å². The molecule has 88 valence electrons. The molecule has 6 heteroatoms. The molecule has 1 saturated heterocycles. The van der Waals surface area contributed by atoms with Crippen LogP contribution in [-0.4, -0.2) is 24.1 Å². The molecule has 0 saturated carbocycles. The molecule has 0 aliphatic carbocycles. The Morgan fingerprint density at radius 3 is 2.56 bits per heavy atom. The van der Waals surface area contributed by atoms with Gasteiger partial charge in [0, 0.05) is 18.7 Å². The van der Waals surface area contributed by atoms with Crippen LogP contribution in [0.3, 0.4) is 0 Å². The third kappa shape index (κ3) is 3.08.